The molecule has 22 heavy (non-hydrogen) atoms. The Hall–Kier alpha value is -2.39. The van der Waals surface area contributed by atoms with Gasteiger partial charge < -0.3 is 9.80 Å². The van der Waals surface area contributed by atoms with Crippen LogP contribution in [0.4, 0.5) is 19.0 Å². The van der Waals surface area contributed by atoms with Gasteiger partial charge in [-0.1, -0.05) is 0 Å². The molecule has 0 aromatic carbocycles. The molecule has 2 aromatic rings. The average molecular weight is 314 g/mol. The van der Waals surface area contributed by atoms with Crippen LogP contribution in [-0.4, -0.2) is 50.1 Å². The minimum Gasteiger partial charge on any atom is -0.329 e. The summed E-state index contributed by atoms with van der Waals surface area (Å²) in [5.74, 6) is -1.09. The Balaban J connectivity index is 2.09. The fourth-order valence-corrected chi connectivity index (χ4v) is 2.34. The number of rotatable bonds is 2. The van der Waals surface area contributed by atoms with Gasteiger partial charge in [0.15, 0.2) is 0 Å². The predicted octanol–water partition coefficient (Wildman–Crippen LogP) is 1.08. The molecule has 10 heteroatoms. The first-order valence-electron chi connectivity index (χ1n) is 6.64. The molecule has 0 N–H and O–H groups in total. The van der Waals surface area contributed by atoms with E-state index in [-0.39, 0.29) is 18.2 Å². The van der Waals surface area contributed by atoms with Crippen LogP contribution in [-0.2, 0) is 11.0 Å². The van der Waals surface area contributed by atoms with Crippen LogP contribution in [0.1, 0.15) is 18.4 Å². The summed E-state index contributed by atoms with van der Waals surface area (Å²) < 4.78 is 39.3. The number of nitrogens with zero attached hydrogens (tertiary/aromatic N) is 6. The second-order valence-corrected chi connectivity index (χ2v) is 4.99. The van der Waals surface area contributed by atoms with E-state index in [1.54, 1.807) is 22.8 Å². The molecule has 0 saturated carbocycles. The quantitative estimate of drug-likeness (QED) is 0.830. The van der Waals surface area contributed by atoms with Crippen molar-refractivity contribution in [3.63, 3.8) is 0 Å². The van der Waals surface area contributed by atoms with E-state index in [4.69, 9.17) is 0 Å². The largest absolute Gasteiger partial charge is 0.453 e. The lowest BCUT2D eigenvalue weighted by atomic mass is 10.4. The van der Waals surface area contributed by atoms with Crippen LogP contribution < -0.4 is 4.90 Å². The summed E-state index contributed by atoms with van der Waals surface area (Å²) in [5.41, 5.74) is 0.506. The molecule has 118 valence electrons. The molecule has 0 unspecified atom stereocenters. The van der Waals surface area contributed by atoms with E-state index in [0.717, 1.165) is 4.52 Å². The number of hydrogen-bond donors (Lipinski definition) is 0. The van der Waals surface area contributed by atoms with Gasteiger partial charge in [-0.3, -0.25) is 4.79 Å². The molecule has 3 rings (SSSR count). The van der Waals surface area contributed by atoms with Crippen molar-refractivity contribution >= 4 is 17.5 Å². The monoisotopic (exact) mass is 314 g/mol. The topological polar surface area (TPSA) is 66.6 Å². The summed E-state index contributed by atoms with van der Waals surface area (Å²) in [7, 11) is 0. The summed E-state index contributed by atoms with van der Waals surface area (Å²) in [6, 6.07) is 1.59. The highest BCUT2D eigenvalue weighted by Crippen LogP contribution is 2.28. The Morgan fingerprint density at radius 1 is 1.32 bits per heavy atom. The van der Waals surface area contributed by atoms with Gasteiger partial charge in [-0.2, -0.15) is 22.7 Å². The first kappa shape index (κ1) is 14.5. The molecule has 7 nitrogen and oxygen atoms in total. The fourth-order valence-electron chi connectivity index (χ4n) is 2.34. The molecule has 1 fully saturated rings. The molecular weight excluding hydrogens is 301 g/mol. The van der Waals surface area contributed by atoms with Crippen LogP contribution in [0.3, 0.4) is 0 Å². The van der Waals surface area contributed by atoms with Gasteiger partial charge in [0.05, 0.1) is 6.67 Å². The molecule has 1 saturated heterocycles. The third-order valence-electron chi connectivity index (χ3n) is 3.40. The zero-order valence-corrected chi connectivity index (χ0v) is 11.9. The SMILES string of the molecule is CCN1CN(c2cc(C)nc3nc(C(F)(F)F)nn23)CC1=O. The minimum atomic E-state index is -4.64. The number of anilines is 1. The number of carbonyl (C=O) groups is 1. The Morgan fingerprint density at radius 3 is 2.64 bits per heavy atom. The highest BCUT2D eigenvalue weighted by Gasteiger charge is 2.37. The predicted molar refractivity (Wildman–Crippen MR) is 70.1 cm³/mol. The standard InChI is InChI=1S/C12H13F3N6O/c1-3-19-6-20(5-9(19)22)8-4-7(2)16-11-17-10(12(13,14)15)18-21(8)11/h4H,3,5-6H2,1-2H3. The summed E-state index contributed by atoms with van der Waals surface area (Å²) >= 11 is 0. The highest BCUT2D eigenvalue weighted by molar-refractivity contribution is 5.84. The number of alkyl halides is 3. The smallest absolute Gasteiger partial charge is 0.329 e. The van der Waals surface area contributed by atoms with Crippen LogP contribution in [0, 0.1) is 6.92 Å². The third-order valence-corrected chi connectivity index (χ3v) is 3.40. The van der Waals surface area contributed by atoms with Crippen molar-refractivity contribution in [3.8, 4) is 0 Å². The number of halogens is 3. The van der Waals surface area contributed by atoms with Crippen molar-refractivity contribution in [2.75, 3.05) is 24.7 Å². The average Bonchev–Trinajstić information content (AvgIpc) is 3.00. The molecule has 0 radical (unpaired) electrons. The molecule has 1 aliphatic heterocycles. The zero-order chi connectivity index (χ0) is 16.1. The zero-order valence-electron chi connectivity index (χ0n) is 11.9. The van der Waals surface area contributed by atoms with Gasteiger partial charge in [-0.05, 0) is 13.8 Å². The lowest BCUT2D eigenvalue weighted by molar-refractivity contribution is -0.144. The second kappa shape index (κ2) is 4.82. The Labute approximate surface area is 123 Å². The maximum atomic E-state index is 12.8. The second-order valence-electron chi connectivity index (χ2n) is 4.99. The lowest BCUT2D eigenvalue weighted by Gasteiger charge is -2.19. The van der Waals surface area contributed by atoms with Crippen molar-refractivity contribution in [1.82, 2.24) is 24.5 Å². The maximum Gasteiger partial charge on any atom is 0.453 e. The van der Waals surface area contributed by atoms with Crippen molar-refractivity contribution in [2.24, 2.45) is 0 Å². The molecule has 0 bridgehead atoms. The number of amides is 1. The molecule has 3 heterocycles. The van der Waals surface area contributed by atoms with Gasteiger partial charge in [0.25, 0.3) is 11.6 Å². The first-order valence-corrected chi connectivity index (χ1v) is 6.64. The Morgan fingerprint density at radius 2 is 2.05 bits per heavy atom. The van der Waals surface area contributed by atoms with Crippen LogP contribution >= 0.6 is 0 Å². The number of fused-ring (bicyclic) bond motifs is 1. The van der Waals surface area contributed by atoms with Crippen LogP contribution in [0.5, 0.6) is 0 Å². The van der Waals surface area contributed by atoms with E-state index in [0.29, 0.717) is 24.7 Å². The van der Waals surface area contributed by atoms with Crippen LogP contribution in [0.15, 0.2) is 6.07 Å². The molecule has 0 aliphatic carbocycles. The molecule has 0 atom stereocenters. The van der Waals surface area contributed by atoms with E-state index in [1.807, 2.05) is 6.92 Å². The van der Waals surface area contributed by atoms with E-state index in [2.05, 4.69) is 15.1 Å². The fraction of sp³-hybridized carbons (Fsp3) is 0.500. The Kier molecular flexibility index (Phi) is 3.18. The maximum absolute atomic E-state index is 12.8. The van der Waals surface area contributed by atoms with E-state index in [1.165, 1.54) is 0 Å². The lowest BCUT2D eigenvalue weighted by Crippen LogP contribution is -2.27. The minimum absolute atomic E-state index is 0.0822. The molecule has 0 spiro atoms. The summed E-state index contributed by atoms with van der Waals surface area (Å²) in [5, 5.41) is 3.49. The van der Waals surface area contributed by atoms with Gasteiger partial charge in [0, 0.05) is 18.3 Å². The van der Waals surface area contributed by atoms with E-state index >= 15 is 0 Å². The van der Waals surface area contributed by atoms with Crippen molar-refractivity contribution < 1.29 is 18.0 Å². The highest BCUT2D eigenvalue weighted by atomic mass is 19.4. The normalized spacial score (nSPS) is 16.1. The summed E-state index contributed by atoms with van der Waals surface area (Å²) in [6.07, 6.45) is -4.64. The molecule has 1 aliphatic rings. The van der Waals surface area contributed by atoms with Gasteiger partial charge in [0.2, 0.25) is 5.91 Å². The van der Waals surface area contributed by atoms with E-state index in [9.17, 15) is 18.0 Å². The van der Waals surface area contributed by atoms with Crippen molar-refractivity contribution in [1.29, 1.82) is 0 Å². The molecule has 2 aromatic heterocycles. The number of hydrogen-bond acceptors (Lipinski definition) is 5. The number of aromatic nitrogens is 4. The number of likely N-dealkylation sites (N-methyl/N-ethyl adjacent to an activating group) is 1. The van der Waals surface area contributed by atoms with Crippen LogP contribution in [0.2, 0.25) is 0 Å². The summed E-state index contributed by atoms with van der Waals surface area (Å²) in [4.78, 5) is 22.5. The third kappa shape index (κ3) is 2.34. The first-order chi connectivity index (χ1) is 10.3. The van der Waals surface area contributed by atoms with E-state index < -0.39 is 12.0 Å². The number of aryl methyl sites for hydroxylation is 1. The Bertz CT molecular complexity index is 740. The van der Waals surface area contributed by atoms with Crippen molar-refractivity contribution in [2.45, 2.75) is 20.0 Å². The van der Waals surface area contributed by atoms with Gasteiger partial charge in [-0.15, -0.1) is 5.10 Å². The van der Waals surface area contributed by atoms with Gasteiger partial charge in [-0.25, -0.2) is 4.98 Å². The summed E-state index contributed by atoms with van der Waals surface area (Å²) in [6.45, 7) is 4.42. The molecular formula is C12H13F3N6O. The van der Waals surface area contributed by atoms with Gasteiger partial charge in [0.1, 0.15) is 12.4 Å². The number of carbonyl (C=O) groups excluding carboxylic acids is 1. The van der Waals surface area contributed by atoms with Crippen molar-refractivity contribution in [3.05, 3.63) is 17.6 Å². The molecule has 1 amide bonds. The van der Waals surface area contributed by atoms with Crippen LogP contribution in [0.25, 0.3) is 5.78 Å². The van der Waals surface area contributed by atoms with Gasteiger partial charge >= 0.3 is 6.18 Å².